The van der Waals surface area contributed by atoms with Gasteiger partial charge in [-0.25, -0.2) is 0 Å². The van der Waals surface area contributed by atoms with E-state index < -0.39 is 24.0 Å². The van der Waals surface area contributed by atoms with Crippen molar-refractivity contribution in [1.82, 2.24) is 0 Å². The van der Waals surface area contributed by atoms with Crippen LogP contribution in [0.1, 0.15) is 112 Å². The second kappa shape index (κ2) is 11.9. The van der Waals surface area contributed by atoms with Crippen LogP contribution in [-0.2, 0) is 14.3 Å². The van der Waals surface area contributed by atoms with Crippen molar-refractivity contribution in [3.8, 4) is 0 Å². The number of aliphatic hydroxyl groups is 1. The fourth-order valence-electron chi connectivity index (χ4n) is 9.91. The second-order valence-corrected chi connectivity index (χ2v) is 15.2. The van der Waals surface area contributed by atoms with Crippen molar-refractivity contribution in [3.63, 3.8) is 0 Å². The summed E-state index contributed by atoms with van der Waals surface area (Å²) in [7, 11) is 0. The molecule has 1 saturated heterocycles. The number of unbranched alkanes of at least 4 members (excludes halogenated alkanes) is 1. The molecular weight excluding hydrogens is 520 g/mol. The molecule has 0 spiro atoms. The first-order valence-electron chi connectivity index (χ1n) is 16.3. The first kappa shape index (κ1) is 30.9. The molecule has 41 heavy (non-hydrogen) atoms. The van der Waals surface area contributed by atoms with Gasteiger partial charge in [-0.15, -0.1) is 0 Å². The zero-order valence-corrected chi connectivity index (χ0v) is 25.8. The Balaban J connectivity index is 1.26. The summed E-state index contributed by atoms with van der Waals surface area (Å²) < 4.78 is 12.4. The van der Waals surface area contributed by atoms with Crippen LogP contribution in [-0.4, -0.2) is 47.6 Å². The average molecular weight is 573 g/mol. The van der Waals surface area contributed by atoms with E-state index in [1.54, 1.807) is 0 Å². The lowest BCUT2D eigenvalue weighted by Gasteiger charge is -2.59. The van der Waals surface area contributed by atoms with Gasteiger partial charge >= 0.3 is 0 Å². The number of aliphatic hydroxyl groups excluding tert-OH is 1. The summed E-state index contributed by atoms with van der Waals surface area (Å²) in [6.45, 7) is 10.6. The highest BCUT2D eigenvalue weighted by atomic mass is 16.7. The molecule has 0 amide bonds. The Morgan fingerprint density at radius 1 is 1.10 bits per heavy atom. The molecule has 4 fully saturated rings. The summed E-state index contributed by atoms with van der Waals surface area (Å²) in [5.41, 5.74) is 0.635. The molecule has 0 aromatic carbocycles. The van der Waals surface area contributed by atoms with Gasteiger partial charge in [0.25, 0.3) is 0 Å². The van der Waals surface area contributed by atoms with Crippen LogP contribution in [0.3, 0.4) is 0 Å². The summed E-state index contributed by atoms with van der Waals surface area (Å²) >= 11 is 0. The molecule has 0 aromatic rings. The van der Waals surface area contributed by atoms with Crippen LogP contribution >= 0.6 is 0 Å². The molecule has 5 aliphatic rings. The quantitative estimate of drug-likeness (QED) is 0.169. The monoisotopic (exact) mass is 572 g/mol. The van der Waals surface area contributed by atoms with Gasteiger partial charge in [-0.2, -0.15) is 9.81 Å². The van der Waals surface area contributed by atoms with Gasteiger partial charge in [0.2, 0.25) is 0 Å². The molecule has 1 N–H and O–H groups in total. The molecule has 3 saturated carbocycles. The van der Waals surface area contributed by atoms with Crippen LogP contribution in [0.15, 0.2) is 22.0 Å². The van der Waals surface area contributed by atoms with Crippen LogP contribution in [0.4, 0.5) is 0 Å². The molecule has 0 aromatic heterocycles. The molecule has 8 nitrogen and oxygen atoms in total. The Labute approximate surface area is 245 Å². The van der Waals surface area contributed by atoms with Gasteiger partial charge in [0.15, 0.2) is 6.29 Å². The largest absolute Gasteiger partial charge is 0.394 e. The topological polar surface area (TPSA) is 115 Å². The minimum Gasteiger partial charge on any atom is -0.394 e. The van der Waals surface area contributed by atoms with Crippen LogP contribution < -0.4 is 0 Å². The number of nitroso groups, excluding NO2 is 2. The van der Waals surface area contributed by atoms with Gasteiger partial charge < -0.3 is 14.6 Å². The number of ether oxygens (including phenoxy) is 2. The van der Waals surface area contributed by atoms with Crippen LogP contribution in [0.25, 0.3) is 0 Å². The number of ketones is 1. The summed E-state index contributed by atoms with van der Waals surface area (Å²) in [6, 6.07) is -0.393. The van der Waals surface area contributed by atoms with Crippen molar-refractivity contribution in [2.45, 2.75) is 142 Å². The number of carbonyl (C=O) groups is 1. The Bertz CT molecular complexity index is 1030. The smallest absolute Gasteiger partial charge is 0.160 e. The zero-order chi connectivity index (χ0) is 29.6. The standard InChI is InChI=1S/C33H52N2O6/c1-20-24-10-12-27-26-11-9-21(8-6-7-15-31(2,3)35-39)32(26,4)18-29(37)33(27,5)25(24)13-14-28(20)41-30-17-22(34-38)16-23(19-36)40-30/h10,20-23,25-28,30,36H,6-9,11-19H2,1-5H3/t20-,21?,22+,23+,25?,26?,27?,28+,30+,32-,33+/m1/s1. The van der Waals surface area contributed by atoms with Crippen molar-refractivity contribution in [3.05, 3.63) is 21.5 Å². The highest BCUT2D eigenvalue weighted by Crippen LogP contribution is 2.67. The molecular formula is C33H52N2O6. The molecule has 1 heterocycles. The van der Waals surface area contributed by atoms with Crippen molar-refractivity contribution in [2.24, 2.45) is 50.8 Å². The number of Topliss-reactive ketones (excluding diaryl/α,β-unsaturated/α-hetero) is 1. The van der Waals surface area contributed by atoms with Gasteiger partial charge in [-0.3, -0.25) is 4.79 Å². The second-order valence-electron chi connectivity index (χ2n) is 15.2. The third-order valence-corrected chi connectivity index (χ3v) is 12.4. The highest BCUT2D eigenvalue weighted by molar-refractivity contribution is 5.88. The zero-order valence-electron chi connectivity index (χ0n) is 25.8. The predicted octanol–water partition coefficient (Wildman–Crippen LogP) is 7.11. The van der Waals surface area contributed by atoms with E-state index in [1.807, 2.05) is 13.8 Å². The van der Waals surface area contributed by atoms with Gasteiger partial charge in [-0.05, 0) is 87.9 Å². The van der Waals surface area contributed by atoms with Crippen molar-refractivity contribution < 1.29 is 19.4 Å². The SMILES string of the molecule is C[C@@H]1C2=CCC3C4CCC(CCCCC(C)(C)N=O)[C@@]4(C)CC(=O)[C@@]3(C)C2CC[C@@H]1O[C@H]1C[C@@H](N=O)C[C@@H](CO)O1. The number of allylic oxidation sites excluding steroid dienone is 1. The molecule has 230 valence electrons. The first-order chi connectivity index (χ1) is 19.5. The van der Waals surface area contributed by atoms with Crippen molar-refractivity contribution in [2.75, 3.05) is 6.61 Å². The van der Waals surface area contributed by atoms with Gasteiger partial charge in [0.05, 0.1) is 30.4 Å². The first-order valence-corrected chi connectivity index (χ1v) is 16.3. The van der Waals surface area contributed by atoms with Crippen LogP contribution in [0.5, 0.6) is 0 Å². The minimum absolute atomic E-state index is 0.0355. The Hall–Kier alpha value is -1.51. The van der Waals surface area contributed by atoms with E-state index in [1.165, 1.54) is 18.4 Å². The number of hydrogen-bond acceptors (Lipinski definition) is 8. The Morgan fingerprint density at radius 2 is 1.88 bits per heavy atom. The van der Waals surface area contributed by atoms with Crippen molar-refractivity contribution >= 4 is 5.78 Å². The molecule has 4 aliphatic carbocycles. The molecule has 1 aliphatic heterocycles. The predicted molar refractivity (Wildman–Crippen MR) is 158 cm³/mol. The molecule has 0 radical (unpaired) electrons. The third-order valence-electron chi connectivity index (χ3n) is 12.4. The van der Waals surface area contributed by atoms with E-state index in [0.717, 1.165) is 44.9 Å². The molecule has 8 heteroatoms. The molecule has 11 atom stereocenters. The number of rotatable bonds is 10. The van der Waals surface area contributed by atoms with Gasteiger partial charge in [0, 0.05) is 30.6 Å². The number of fused-ring (bicyclic) bond motifs is 5. The maximum absolute atomic E-state index is 14.3. The van der Waals surface area contributed by atoms with Crippen molar-refractivity contribution in [1.29, 1.82) is 0 Å². The van der Waals surface area contributed by atoms with Gasteiger partial charge in [-0.1, -0.05) is 55.6 Å². The third kappa shape index (κ3) is 5.62. The Morgan fingerprint density at radius 3 is 2.59 bits per heavy atom. The number of nitrogens with zero attached hydrogens (tertiary/aromatic N) is 2. The average Bonchev–Trinajstić information content (AvgIpc) is 3.27. The normalized spacial score (nSPS) is 44.4. The Kier molecular flexibility index (Phi) is 8.96. The summed E-state index contributed by atoms with van der Waals surface area (Å²) in [5, 5.41) is 16.1. The van der Waals surface area contributed by atoms with E-state index in [0.29, 0.717) is 42.8 Å². The lowest BCUT2D eigenvalue weighted by atomic mass is 9.44. The lowest BCUT2D eigenvalue weighted by molar-refractivity contribution is -0.233. The van der Waals surface area contributed by atoms with E-state index in [9.17, 15) is 19.7 Å². The number of carbonyl (C=O) groups excluding carboxylic acids is 1. The van der Waals surface area contributed by atoms with E-state index >= 15 is 0 Å². The molecule has 0 bridgehead atoms. The summed E-state index contributed by atoms with van der Waals surface area (Å²) in [6.07, 6.45) is 12.3. The molecule has 5 rings (SSSR count). The van der Waals surface area contributed by atoms with Gasteiger partial charge in [0.1, 0.15) is 5.78 Å². The van der Waals surface area contributed by atoms with E-state index in [-0.39, 0.29) is 35.4 Å². The fraction of sp³-hybridized carbons (Fsp3) is 0.909. The number of hydrogen-bond donors (Lipinski definition) is 1. The molecule has 4 unspecified atom stereocenters. The van der Waals surface area contributed by atoms with Crippen LogP contribution in [0.2, 0.25) is 0 Å². The maximum atomic E-state index is 14.3. The highest BCUT2D eigenvalue weighted by Gasteiger charge is 2.64. The van der Waals surface area contributed by atoms with E-state index in [4.69, 9.17) is 9.47 Å². The van der Waals surface area contributed by atoms with E-state index in [2.05, 4.69) is 37.2 Å². The lowest BCUT2D eigenvalue weighted by Crippen LogP contribution is -2.58. The summed E-state index contributed by atoms with van der Waals surface area (Å²) in [4.78, 5) is 36.6. The summed E-state index contributed by atoms with van der Waals surface area (Å²) in [5.74, 6) is 2.43. The maximum Gasteiger partial charge on any atom is 0.160 e. The van der Waals surface area contributed by atoms with Crippen LogP contribution in [0, 0.1) is 50.2 Å². The fourth-order valence-corrected chi connectivity index (χ4v) is 9.91. The minimum atomic E-state index is -0.534.